The Morgan fingerprint density at radius 3 is 2.76 bits per heavy atom. The molecule has 29 heavy (non-hydrogen) atoms. The SMILES string of the molecule is Cc1ccc(Oc2nc3nc(-c4cccc(O)c4)c(Cl)cc3[nH]2)cc1C(=O)ON. The van der Waals surface area contributed by atoms with E-state index in [2.05, 4.69) is 19.8 Å². The van der Waals surface area contributed by atoms with Crippen molar-refractivity contribution < 1.29 is 19.5 Å². The number of nitrogens with one attached hydrogen (secondary N) is 1. The molecule has 0 unspecified atom stereocenters. The molecule has 0 bridgehead atoms. The first-order valence-corrected chi connectivity index (χ1v) is 8.87. The van der Waals surface area contributed by atoms with Gasteiger partial charge in [0.2, 0.25) is 0 Å². The summed E-state index contributed by atoms with van der Waals surface area (Å²) in [5, 5.41) is 10.1. The van der Waals surface area contributed by atoms with Crippen molar-refractivity contribution >= 4 is 28.7 Å². The lowest BCUT2D eigenvalue weighted by atomic mass is 10.1. The van der Waals surface area contributed by atoms with Crippen LogP contribution in [0, 0.1) is 6.92 Å². The number of aromatic amines is 1. The van der Waals surface area contributed by atoms with Crippen molar-refractivity contribution in [1.82, 2.24) is 15.0 Å². The molecule has 0 spiro atoms. The number of fused-ring (bicyclic) bond motifs is 1. The normalized spacial score (nSPS) is 10.9. The lowest BCUT2D eigenvalue weighted by molar-refractivity contribution is 0.0502. The van der Waals surface area contributed by atoms with E-state index in [9.17, 15) is 9.90 Å². The lowest BCUT2D eigenvalue weighted by Crippen LogP contribution is -2.11. The van der Waals surface area contributed by atoms with Gasteiger partial charge in [-0.3, -0.25) is 0 Å². The van der Waals surface area contributed by atoms with Crippen LogP contribution in [0.25, 0.3) is 22.4 Å². The number of phenolic OH excluding ortho intramolecular Hbond substituents is 1. The Balaban J connectivity index is 1.69. The summed E-state index contributed by atoms with van der Waals surface area (Å²) in [7, 11) is 0. The first-order chi connectivity index (χ1) is 13.9. The fourth-order valence-electron chi connectivity index (χ4n) is 2.86. The van der Waals surface area contributed by atoms with Crippen LogP contribution in [-0.2, 0) is 4.84 Å². The highest BCUT2D eigenvalue weighted by atomic mass is 35.5. The Morgan fingerprint density at radius 2 is 2.00 bits per heavy atom. The fraction of sp³-hybridized carbons (Fsp3) is 0.0500. The third-order valence-electron chi connectivity index (χ3n) is 4.28. The zero-order valence-electron chi connectivity index (χ0n) is 15.1. The first kappa shape index (κ1) is 18.7. The van der Waals surface area contributed by atoms with Gasteiger partial charge in [-0.1, -0.05) is 29.8 Å². The number of phenols is 1. The van der Waals surface area contributed by atoms with Gasteiger partial charge in [-0.25, -0.2) is 9.78 Å². The Labute approximate surface area is 169 Å². The van der Waals surface area contributed by atoms with Crippen molar-refractivity contribution in [1.29, 1.82) is 0 Å². The number of H-pyrrole nitrogens is 1. The van der Waals surface area contributed by atoms with E-state index < -0.39 is 5.97 Å². The summed E-state index contributed by atoms with van der Waals surface area (Å²) in [6, 6.07) is 13.4. The van der Waals surface area contributed by atoms with Crippen LogP contribution in [0.3, 0.4) is 0 Å². The highest BCUT2D eigenvalue weighted by Crippen LogP contribution is 2.32. The van der Waals surface area contributed by atoms with Crippen LogP contribution in [0.15, 0.2) is 48.5 Å². The minimum atomic E-state index is -0.665. The molecule has 4 aromatic rings. The molecular formula is C20H15ClN4O4. The maximum Gasteiger partial charge on any atom is 0.357 e. The maximum atomic E-state index is 11.7. The smallest absolute Gasteiger partial charge is 0.357 e. The quantitative estimate of drug-likeness (QED) is 0.432. The molecule has 0 aliphatic rings. The number of hydrogen-bond acceptors (Lipinski definition) is 7. The topological polar surface area (TPSA) is 123 Å². The van der Waals surface area contributed by atoms with Crippen LogP contribution in [0.1, 0.15) is 15.9 Å². The van der Waals surface area contributed by atoms with E-state index in [1.165, 1.54) is 6.07 Å². The van der Waals surface area contributed by atoms with Crippen molar-refractivity contribution in [2.75, 3.05) is 0 Å². The lowest BCUT2D eigenvalue weighted by Gasteiger charge is -2.06. The third-order valence-corrected chi connectivity index (χ3v) is 4.56. The summed E-state index contributed by atoms with van der Waals surface area (Å²) in [6.45, 7) is 1.76. The molecule has 2 aromatic heterocycles. The fourth-order valence-corrected chi connectivity index (χ4v) is 3.12. The number of hydrogen-bond donors (Lipinski definition) is 3. The first-order valence-electron chi connectivity index (χ1n) is 8.50. The van der Waals surface area contributed by atoms with Gasteiger partial charge in [-0.15, -0.1) is 0 Å². The molecule has 4 rings (SSSR count). The number of halogens is 1. The molecule has 2 heterocycles. The second kappa shape index (κ2) is 7.42. The van der Waals surface area contributed by atoms with E-state index in [1.54, 1.807) is 49.4 Å². The Morgan fingerprint density at radius 1 is 1.17 bits per heavy atom. The van der Waals surface area contributed by atoms with Crippen molar-refractivity contribution in [2.24, 2.45) is 5.90 Å². The number of nitrogens with zero attached hydrogens (tertiary/aromatic N) is 2. The Hall–Kier alpha value is -3.62. The minimum absolute atomic E-state index is 0.109. The highest BCUT2D eigenvalue weighted by molar-refractivity contribution is 6.33. The summed E-state index contributed by atoms with van der Waals surface area (Å²) < 4.78 is 5.72. The van der Waals surface area contributed by atoms with Gasteiger partial charge < -0.3 is 19.7 Å². The molecule has 146 valence electrons. The van der Waals surface area contributed by atoms with E-state index in [0.29, 0.717) is 38.8 Å². The number of imidazole rings is 1. The van der Waals surface area contributed by atoms with E-state index >= 15 is 0 Å². The molecule has 0 aliphatic heterocycles. The molecule has 0 saturated carbocycles. The van der Waals surface area contributed by atoms with E-state index in [-0.39, 0.29) is 17.3 Å². The monoisotopic (exact) mass is 410 g/mol. The summed E-state index contributed by atoms with van der Waals surface area (Å²) in [5.74, 6) is 4.78. The summed E-state index contributed by atoms with van der Waals surface area (Å²) >= 11 is 6.35. The second-order valence-corrected chi connectivity index (χ2v) is 6.67. The average molecular weight is 411 g/mol. The molecule has 0 atom stereocenters. The molecule has 4 N–H and O–H groups in total. The predicted molar refractivity (Wildman–Crippen MR) is 107 cm³/mol. The van der Waals surface area contributed by atoms with Crippen LogP contribution < -0.4 is 10.6 Å². The summed E-state index contributed by atoms with van der Waals surface area (Å²) in [5.41, 5.74) is 3.08. The number of pyridine rings is 1. The van der Waals surface area contributed by atoms with Crippen molar-refractivity contribution in [3.05, 3.63) is 64.7 Å². The van der Waals surface area contributed by atoms with Gasteiger partial charge in [-0.2, -0.15) is 10.9 Å². The molecule has 0 radical (unpaired) electrons. The number of aromatic hydroxyl groups is 1. The predicted octanol–water partition coefficient (Wildman–Crippen LogP) is 4.12. The van der Waals surface area contributed by atoms with E-state index in [0.717, 1.165) is 0 Å². The third kappa shape index (κ3) is 3.71. The number of nitrogens with two attached hydrogens (primary N) is 1. The van der Waals surface area contributed by atoms with Crippen LogP contribution >= 0.6 is 11.6 Å². The van der Waals surface area contributed by atoms with Crippen LogP contribution in [0.4, 0.5) is 0 Å². The number of rotatable bonds is 4. The van der Waals surface area contributed by atoms with Gasteiger partial charge in [0, 0.05) is 5.56 Å². The van der Waals surface area contributed by atoms with Gasteiger partial charge in [0.1, 0.15) is 11.5 Å². The Kier molecular flexibility index (Phi) is 4.79. The van der Waals surface area contributed by atoms with Gasteiger partial charge in [-0.05, 0) is 42.8 Å². The average Bonchev–Trinajstić information content (AvgIpc) is 3.09. The molecule has 0 aliphatic carbocycles. The number of benzene rings is 2. The molecule has 9 heteroatoms. The second-order valence-electron chi connectivity index (χ2n) is 6.27. The molecule has 2 aromatic carbocycles. The highest BCUT2D eigenvalue weighted by Gasteiger charge is 2.15. The zero-order valence-corrected chi connectivity index (χ0v) is 15.9. The number of aromatic nitrogens is 3. The number of aryl methyl sites for hydroxylation is 1. The number of carbonyl (C=O) groups is 1. The summed E-state index contributed by atoms with van der Waals surface area (Å²) in [6.07, 6.45) is 0. The van der Waals surface area contributed by atoms with E-state index in [4.69, 9.17) is 22.2 Å². The molecule has 0 amide bonds. The Bertz CT molecular complexity index is 1240. The van der Waals surface area contributed by atoms with Gasteiger partial charge in [0.25, 0.3) is 0 Å². The molecule has 0 saturated heterocycles. The number of carbonyl (C=O) groups excluding carboxylic acids is 1. The molecule has 0 fully saturated rings. The zero-order chi connectivity index (χ0) is 20.5. The van der Waals surface area contributed by atoms with Crippen molar-refractivity contribution in [3.63, 3.8) is 0 Å². The van der Waals surface area contributed by atoms with Crippen LogP contribution in [0.2, 0.25) is 5.02 Å². The van der Waals surface area contributed by atoms with E-state index in [1.807, 2.05) is 0 Å². The molecular weight excluding hydrogens is 396 g/mol. The van der Waals surface area contributed by atoms with Crippen LogP contribution in [-0.4, -0.2) is 26.0 Å². The van der Waals surface area contributed by atoms with Gasteiger partial charge >= 0.3 is 12.0 Å². The minimum Gasteiger partial charge on any atom is -0.508 e. The van der Waals surface area contributed by atoms with Crippen molar-refractivity contribution in [2.45, 2.75) is 6.92 Å². The molecule has 8 nitrogen and oxygen atoms in total. The number of ether oxygens (including phenoxy) is 1. The van der Waals surface area contributed by atoms with Crippen LogP contribution in [0.5, 0.6) is 17.5 Å². The standard InChI is InChI=1S/C20H15ClN4O4/c1-10-5-6-13(8-14(10)19(27)29-22)28-20-23-16-9-15(21)17(24-18(16)25-20)11-3-2-4-12(26)7-11/h2-9,26H,22H2,1H3,(H,23,24,25). The van der Waals surface area contributed by atoms with Crippen molar-refractivity contribution in [3.8, 4) is 28.8 Å². The largest absolute Gasteiger partial charge is 0.508 e. The maximum absolute atomic E-state index is 11.7. The summed E-state index contributed by atoms with van der Waals surface area (Å²) in [4.78, 5) is 27.8. The van der Waals surface area contributed by atoms with Gasteiger partial charge in [0.05, 0.1) is 21.8 Å². The van der Waals surface area contributed by atoms with Gasteiger partial charge in [0.15, 0.2) is 5.65 Å².